The molecule has 0 bridgehead atoms. The summed E-state index contributed by atoms with van der Waals surface area (Å²) in [6.45, 7) is 6.50. The zero-order valence-corrected chi connectivity index (χ0v) is 13.5. The van der Waals surface area contributed by atoms with Crippen molar-refractivity contribution in [1.29, 1.82) is 0 Å². The first-order valence-corrected chi connectivity index (χ1v) is 7.65. The van der Waals surface area contributed by atoms with Gasteiger partial charge in [0.15, 0.2) is 0 Å². The van der Waals surface area contributed by atoms with Crippen LogP contribution < -0.4 is 10.2 Å². The summed E-state index contributed by atoms with van der Waals surface area (Å²) in [5.74, 6) is 1.58. The minimum atomic E-state index is 0.667. The molecule has 1 aromatic carbocycles. The Morgan fingerprint density at radius 3 is 2.64 bits per heavy atom. The molecule has 5 heteroatoms. The van der Waals surface area contributed by atoms with Crippen molar-refractivity contribution in [2.45, 2.75) is 20.3 Å². The SMILES string of the molecule is CCN(c1ccccc1)c1cc(C)nc(NCCCOC)n1. The molecule has 0 unspecified atom stereocenters. The highest BCUT2D eigenvalue weighted by Gasteiger charge is 2.10. The van der Waals surface area contributed by atoms with Gasteiger partial charge in [-0.05, 0) is 32.4 Å². The lowest BCUT2D eigenvalue weighted by Crippen LogP contribution is -2.19. The van der Waals surface area contributed by atoms with Crippen LogP contribution in [0.2, 0.25) is 0 Å². The molecule has 1 aromatic heterocycles. The minimum Gasteiger partial charge on any atom is -0.385 e. The van der Waals surface area contributed by atoms with E-state index in [-0.39, 0.29) is 0 Å². The molecule has 5 nitrogen and oxygen atoms in total. The summed E-state index contributed by atoms with van der Waals surface area (Å²) in [6.07, 6.45) is 0.930. The summed E-state index contributed by atoms with van der Waals surface area (Å²) < 4.78 is 5.05. The fourth-order valence-electron chi connectivity index (χ4n) is 2.27. The maximum atomic E-state index is 5.05. The van der Waals surface area contributed by atoms with Crippen LogP contribution in [0.5, 0.6) is 0 Å². The smallest absolute Gasteiger partial charge is 0.224 e. The lowest BCUT2D eigenvalue weighted by molar-refractivity contribution is 0.197. The number of nitrogens with one attached hydrogen (secondary N) is 1. The highest BCUT2D eigenvalue weighted by atomic mass is 16.5. The number of nitrogens with zero attached hydrogens (tertiary/aromatic N) is 3. The lowest BCUT2D eigenvalue weighted by Gasteiger charge is -2.23. The molecule has 1 N–H and O–H groups in total. The molecule has 22 heavy (non-hydrogen) atoms. The Morgan fingerprint density at radius 2 is 1.95 bits per heavy atom. The van der Waals surface area contributed by atoms with Gasteiger partial charge >= 0.3 is 0 Å². The first-order chi connectivity index (χ1) is 10.7. The van der Waals surface area contributed by atoms with Gasteiger partial charge in [0.05, 0.1) is 0 Å². The van der Waals surface area contributed by atoms with Crippen molar-refractivity contribution >= 4 is 17.5 Å². The van der Waals surface area contributed by atoms with E-state index in [1.54, 1.807) is 7.11 Å². The van der Waals surface area contributed by atoms with E-state index in [1.165, 1.54) is 0 Å². The van der Waals surface area contributed by atoms with E-state index >= 15 is 0 Å². The van der Waals surface area contributed by atoms with Crippen molar-refractivity contribution in [1.82, 2.24) is 9.97 Å². The predicted octanol–water partition coefficient (Wildman–Crippen LogP) is 3.39. The molecule has 0 atom stereocenters. The van der Waals surface area contributed by atoms with E-state index in [2.05, 4.69) is 39.2 Å². The number of para-hydroxylation sites is 1. The van der Waals surface area contributed by atoms with Crippen molar-refractivity contribution in [3.8, 4) is 0 Å². The summed E-state index contributed by atoms with van der Waals surface area (Å²) in [6, 6.07) is 12.3. The average Bonchev–Trinajstić information content (AvgIpc) is 2.53. The van der Waals surface area contributed by atoms with E-state index in [1.807, 2.05) is 31.2 Å². The summed E-state index contributed by atoms with van der Waals surface area (Å²) >= 11 is 0. The summed E-state index contributed by atoms with van der Waals surface area (Å²) in [5, 5.41) is 3.26. The Balaban J connectivity index is 2.17. The third-order valence-electron chi connectivity index (χ3n) is 3.31. The quantitative estimate of drug-likeness (QED) is 0.757. The zero-order valence-electron chi connectivity index (χ0n) is 13.5. The van der Waals surface area contributed by atoms with Crippen LogP contribution in [0.25, 0.3) is 0 Å². The molecule has 1 heterocycles. The van der Waals surface area contributed by atoms with E-state index in [0.717, 1.165) is 43.3 Å². The molecule has 0 aliphatic rings. The van der Waals surface area contributed by atoms with Gasteiger partial charge in [0.1, 0.15) is 5.82 Å². The van der Waals surface area contributed by atoms with Gasteiger partial charge in [-0.1, -0.05) is 18.2 Å². The number of aryl methyl sites for hydroxylation is 1. The third kappa shape index (κ3) is 4.43. The molecule has 0 amide bonds. The molecule has 2 aromatic rings. The summed E-state index contributed by atoms with van der Waals surface area (Å²) in [5.41, 5.74) is 2.09. The molecule has 118 valence electrons. The fourth-order valence-corrected chi connectivity index (χ4v) is 2.27. The Kier molecular flexibility index (Phi) is 6.15. The first-order valence-electron chi connectivity index (χ1n) is 7.65. The van der Waals surface area contributed by atoms with Crippen LogP contribution in [-0.4, -0.2) is 36.8 Å². The van der Waals surface area contributed by atoms with Crippen molar-refractivity contribution < 1.29 is 4.74 Å². The molecule has 0 aliphatic heterocycles. The van der Waals surface area contributed by atoms with E-state index in [4.69, 9.17) is 4.74 Å². The van der Waals surface area contributed by atoms with E-state index < -0.39 is 0 Å². The van der Waals surface area contributed by atoms with Gasteiger partial charge < -0.3 is 15.0 Å². The van der Waals surface area contributed by atoms with Crippen LogP contribution in [0, 0.1) is 6.92 Å². The molecule has 0 fully saturated rings. The average molecular weight is 300 g/mol. The van der Waals surface area contributed by atoms with E-state index in [9.17, 15) is 0 Å². The molecule has 0 spiro atoms. The van der Waals surface area contributed by atoms with Crippen molar-refractivity contribution in [3.05, 3.63) is 42.1 Å². The first kappa shape index (κ1) is 16.2. The standard InChI is InChI=1S/C17H24N4O/c1-4-21(15-9-6-5-7-10-15)16-13-14(2)19-17(20-16)18-11-8-12-22-3/h5-7,9-10,13H,4,8,11-12H2,1-3H3,(H,18,19,20). The van der Waals surface area contributed by atoms with Gasteiger partial charge in [0.25, 0.3) is 0 Å². The number of ether oxygens (including phenoxy) is 1. The van der Waals surface area contributed by atoms with Crippen LogP contribution in [0.4, 0.5) is 17.5 Å². The second-order valence-electron chi connectivity index (χ2n) is 5.04. The number of hydrogen-bond donors (Lipinski definition) is 1. The number of aromatic nitrogens is 2. The molecule has 0 saturated carbocycles. The number of benzene rings is 1. The van der Waals surface area contributed by atoms with E-state index in [0.29, 0.717) is 5.95 Å². The Bertz CT molecular complexity index is 574. The molecular formula is C17H24N4O. The molecule has 0 saturated heterocycles. The number of rotatable bonds is 8. The van der Waals surface area contributed by atoms with Gasteiger partial charge in [-0.25, -0.2) is 4.98 Å². The third-order valence-corrected chi connectivity index (χ3v) is 3.31. The van der Waals surface area contributed by atoms with Gasteiger partial charge in [0, 0.05) is 44.3 Å². The van der Waals surface area contributed by atoms with Gasteiger partial charge in [-0.15, -0.1) is 0 Å². The molecule has 0 aliphatic carbocycles. The second-order valence-corrected chi connectivity index (χ2v) is 5.04. The van der Waals surface area contributed by atoms with Gasteiger partial charge in [-0.3, -0.25) is 0 Å². The largest absolute Gasteiger partial charge is 0.385 e. The fraction of sp³-hybridized carbons (Fsp3) is 0.412. The molecule has 2 rings (SSSR count). The Hall–Kier alpha value is -2.14. The monoisotopic (exact) mass is 300 g/mol. The van der Waals surface area contributed by atoms with Crippen LogP contribution >= 0.6 is 0 Å². The van der Waals surface area contributed by atoms with Crippen LogP contribution in [0.1, 0.15) is 19.0 Å². The van der Waals surface area contributed by atoms with Crippen LogP contribution in [-0.2, 0) is 4.74 Å². The van der Waals surface area contributed by atoms with Crippen molar-refractivity contribution in [3.63, 3.8) is 0 Å². The van der Waals surface area contributed by atoms with Gasteiger partial charge in [-0.2, -0.15) is 4.98 Å². The number of anilines is 3. The zero-order chi connectivity index (χ0) is 15.8. The highest BCUT2D eigenvalue weighted by molar-refractivity contribution is 5.60. The van der Waals surface area contributed by atoms with Crippen LogP contribution in [0.15, 0.2) is 36.4 Å². The lowest BCUT2D eigenvalue weighted by atomic mass is 10.2. The Morgan fingerprint density at radius 1 is 1.18 bits per heavy atom. The highest BCUT2D eigenvalue weighted by Crippen LogP contribution is 2.24. The van der Waals surface area contributed by atoms with Gasteiger partial charge in [0.2, 0.25) is 5.95 Å². The molecular weight excluding hydrogens is 276 g/mol. The summed E-state index contributed by atoms with van der Waals surface area (Å²) in [4.78, 5) is 11.3. The normalized spacial score (nSPS) is 10.5. The minimum absolute atomic E-state index is 0.667. The van der Waals surface area contributed by atoms with Crippen molar-refractivity contribution in [2.24, 2.45) is 0 Å². The maximum absolute atomic E-state index is 5.05. The number of methoxy groups -OCH3 is 1. The topological polar surface area (TPSA) is 50.3 Å². The number of hydrogen-bond acceptors (Lipinski definition) is 5. The van der Waals surface area contributed by atoms with Crippen molar-refractivity contribution in [2.75, 3.05) is 37.0 Å². The second kappa shape index (κ2) is 8.34. The Labute approximate surface area is 132 Å². The molecule has 0 radical (unpaired) electrons. The maximum Gasteiger partial charge on any atom is 0.224 e. The summed E-state index contributed by atoms with van der Waals surface area (Å²) in [7, 11) is 1.71. The van der Waals surface area contributed by atoms with Crippen LogP contribution in [0.3, 0.4) is 0 Å². The predicted molar refractivity (Wildman–Crippen MR) is 90.9 cm³/mol.